The lowest BCUT2D eigenvalue weighted by Crippen LogP contribution is -2.11. The highest BCUT2D eigenvalue weighted by atomic mass is 35.5. The fraction of sp³-hybridized carbons (Fsp3) is 0.333. The molecule has 7 heteroatoms. The summed E-state index contributed by atoms with van der Waals surface area (Å²) in [6.07, 6.45) is -0.351. The molecule has 0 amide bonds. The molecule has 0 radical (unpaired) electrons. The summed E-state index contributed by atoms with van der Waals surface area (Å²) in [6.45, 7) is 4.48. The summed E-state index contributed by atoms with van der Waals surface area (Å²) in [5, 5.41) is 7.08. The van der Waals surface area contributed by atoms with Gasteiger partial charge in [0.15, 0.2) is 16.7 Å². The smallest absolute Gasteiger partial charge is 0.195 e. The molecule has 1 atom stereocenters. The summed E-state index contributed by atoms with van der Waals surface area (Å²) in [5.74, 6) is 0.682. The van der Waals surface area contributed by atoms with Crippen molar-refractivity contribution in [3.8, 4) is 5.75 Å². The molecule has 0 saturated heterocycles. The first-order valence-electron chi connectivity index (χ1n) is 5.79. The molecule has 0 saturated carbocycles. The molecule has 19 heavy (non-hydrogen) atoms. The maximum atomic E-state index is 13.0. The minimum absolute atomic E-state index is 0.226. The van der Waals surface area contributed by atoms with Crippen LogP contribution in [0.25, 0.3) is 0 Å². The number of aromatic amines is 1. The van der Waals surface area contributed by atoms with Crippen LogP contribution in [0, 0.1) is 10.6 Å². The summed E-state index contributed by atoms with van der Waals surface area (Å²) in [6, 6.07) is 4.00. The van der Waals surface area contributed by atoms with Crippen molar-refractivity contribution in [3.63, 3.8) is 0 Å². The van der Waals surface area contributed by atoms with Gasteiger partial charge in [-0.3, -0.25) is 5.10 Å². The third-order valence-electron chi connectivity index (χ3n) is 2.67. The second-order valence-corrected chi connectivity index (χ2v) is 4.76. The number of benzene rings is 1. The van der Waals surface area contributed by atoms with Crippen molar-refractivity contribution in [1.82, 2.24) is 14.8 Å². The van der Waals surface area contributed by atoms with Gasteiger partial charge in [0, 0.05) is 6.54 Å². The summed E-state index contributed by atoms with van der Waals surface area (Å²) < 4.78 is 21.0. The van der Waals surface area contributed by atoms with Gasteiger partial charge in [0.05, 0.1) is 5.02 Å². The Labute approximate surface area is 120 Å². The summed E-state index contributed by atoms with van der Waals surface area (Å²) in [4.78, 5) is 0. The van der Waals surface area contributed by atoms with Gasteiger partial charge in [-0.15, -0.1) is 0 Å². The van der Waals surface area contributed by atoms with E-state index in [1.165, 1.54) is 18.2 Å². The number of aromatic nitrogens is 3. The van der Waals surface area contributed by atoms with Crippen molar-refractivity contribution in [2.45, 2.75) is 26.5 Å². The summed E-state index contributed by atoms with van der Waals surface area (Å²) in [5.41, 5.74) is 0. The number of nitrogens with zero attached hydrogens (tertiary/aromatic N) is 2. The van der Waals surface area contributed by atoms with Gasteiger partial charge in [-0.25, -0.2) is 4.39 Å². The molecular weight excluding hydrogens is 289 g/mol. The van der Waals surface area contributed by atoms with Gasteiger partial charge in [0.2, 0.25) is 0 Å². The van der Waals surface area contributed by atoms with Crippen LogP contribution in [0.4, 0.5) is 4.39 Å². The first kappa shape index (κ1) is 14.0. The highest BCUT2D eigenvalue weighted by Gasteiger charge is 2.16. The van der Waals surface area contributed by atoms with Crippen molar-refractivity contribution >= 4 is 23.8 Å². The molecular formula is C12H13ClFN3OS. The molecule has 102 valence electrons. The summed E-state index contributed by atoms with van der Waals surface area (Å²) >= 11 is 11.0. The zero-order valence-electron chi connectivity index (χ0n) is 10.5. The van der Waals surface area contributed by atoms with Crippen LogP contribution < -0.4 is 4.74 Å². The maximum absolute atomic E-state index is 13.0. The molecule has 1 aromatic heterocycles. The van der Waals surface area contributed by atoms with Crippen LogP contribution in [0.1, 0.15) is 25.8 Å². The molecule has 1 N–H and O–H groups in total. The zero-order chi connectivity index (χ0) is 14.0. The predicted molar refractivity (Wildman–Crippen MR) is 73.5 cm³/mol. The highest BCUT2D eigenvalue weighted by molar-refractivity contribution is 7.71. The van der Waals surface area contributed by atoms with Crippen molar-refractivity contribution in [1.29, 1.82) is 0 Å². The molecule has 1 heterocycles. The van der Waals surface area contributed by atoms with E-state index in [9.17, 15) is 4.39 Å². The molecule has 2 aromatic rings. The molecule has 0 aliphatic rings. The van der Waals surface area contributed by atoms with Gasteiger partial charge in [-0.05, 0) is 44.3 Å². The lowest BCUT2D eigenvalue weighted by atomic mass is 10.3. The number of hydrogen-bond donors (Lipinski definition) is 1. The van der Waals surface area contributed by atoms with Gasteiger partial charge in [0.25, 0.3) is 0 Å². The van der Waals surface area contributed by atoms with E-state index in [2.05, 4.69) is 10.2 Å². The minimum atomic E-state index is -0.402. The Kier molecular flexibility index (Phi) is 4.21. The number of ether oxygens (including phenoxy) is 1. The van der Waals surface area contributed by atoms with Crippen LogP contribution in [0.15, 0.2) is 18.2 Å². The lowest BCUT2D eigenvalue weighted by Gasteiger charge is -2.15. The van der Waals surface area contributed by atoms with Crippen molar-refractivity contribution in [3.05, 3.63) is 39.6 Å². The molecule has 2 rings (SSSR count). The third kappa shape index (κ3) is 2.96. The number of rotatable bonds is 4. The maximum Gasteiger partial charge on any atom is 0.195 e. The SMILES string of the molecule is CCn1c([C@@H](C)Oc2ccc(F)cc2Cl)n[nH]c1=S. The molecule has 0 aliphatic heterocycles. The van der Waals surface area contributed by atoms with Crippen molar-refractivity contribution in [2.75, 3.05) is 0 Å². The molecule has 1 aromatic carbocycles. The fourth-order valence-electron chi connectivity index (χ4n) is 1.76. The Bertz CT molecular complexity index is 640. The second kappa shape index (κ2) is 5.71. The average Bonchev–Trinajstić information content (AvgIpc) is 2.74. The van der Waals surface area contributed by atoms with Gasteiger partial charge in [-0.2, -0.15) is 5.10 Å². The average molecular weight is 302 g/mol. The van der Waals surface area contributed by atoms with Crippen LogP contribution in [0.5, 0.6) is 5.75 Å². The Morgan fingerprint density at radius 3 is 2.95 bits per heavy atom. The van der Waals surface area contributed by atoms with Crippen LogP contribution in [-0.2, 0) is 6.54 Å². The predicted octanol–water partition coefficient (Wildman–Crippen LogP) is 3.89. The van der Waals surface area contributed by atoms with Gasteiger partial charge in [0.1, 0.15) is 11.6 Å². The van der Waals surface area contributed by atoms with Crippen LogP contribution >= 0.6 is 23.8 Å². The number of H-pyrrole nitrogens is 1. The Balaban J connectivity index is 2.25. The van der Waals surface area contributed by atoms with Crippen LogP contribution in [-0.4, -0.2) is 14.8 Å². The van der Waals surface area contributed by atoms with E-state index >= 15 is 0 Å². The van der Waals surface area contributed by atoms with Gasteiger partial charge >= 0.3 is 0 Å². The van der Waals surface area contributed by atoms with E-state index in [1.807, 2.05) is 18.4 Å². The topological polar surface area (TPSA) is 42.8 Å². The number of hydrogen-bond acceptors (Lipinski definition) is 3. The van der Waals surface area contributed by atoms with E-state index in [-0.39, 0.29) is 11.1 Å². The largest absolute Gasteiger partial charge is 0.481 e. The van der Waals surface area contributed by atoms with Gasteiger partial charge in [-0.1, -0.05) is 11.6 Å². The standard InChI is InChI=1S/C12H13ClFN3OS/c1-3-17-11(15-16-12(17)19)7(2)18-10-5-4-8(14)6-9(10)13/h4-7H,3H2,1-2H3,(H,16,19)/t7-/m1/s1. The third-order valence-corrected chi connectivity index (χ3v) is 3.27. The molecule has 0 bridgehead atoms. The zero-order valence-corrected chi connectivity index (χ0v) is 12.1. The summed E-state index contributed by atoms with van der Waals surface area (Å²) in [7, 11) is 0. The first-order valence-corrected chi connectivity index (χ1v) is 6.58. The minimum Gasteiger partial charge on any atom is -0.481 e. The van der Waals surface area contributed by atoms with E-state index in [0.29, 0.717) is 22.9 Å². The highest BCUT2D eigenvalue weighted by Crippen LogP contribution is 2.29. The Morgan fingerprint density at radius 1 is 1.58 bits per heavy atom. The number of nitrogens with one attached hydrogen (secondary N) is 1. The van der Waals surface area contributed by atoms with E-state index in [1.54, 1.807) is 0 Å². The quantitative estimate of drug-likeness (QED) is 0.871. The molecule has 0 fully saturated rings. The second-order valence-electron chi connectivity index (χ2n) is 3.97. The normalized spacial score (nSPS) is 12.4. The van der Waals surface area contributed by atoms with E-state index in [4.69, 9.17) is 28.6 Å². The fourth-order valence-corrected chi connectivity index (χ4v) is 2.24. The van der Waals surface area contributed by atoms with E-state index in [0.717, 1.165) is 0 Å². The first-order chi connectivity index (χ1) is 9.02. The van der Waals surface area contributed by atoms with Crippen LogP contribution in [0.2, 0.25) is 5.02 Å². The van der Waals surface area contributed by atoms with Crippen LogP contribution in [0.3, 0.4) is 0 Å². The molecule has 0 spiro atoms. The number of halogens is 2. The Hall–Kier alpha value is -1.40. The van der Waals surface area contributed by atoms with Crippen molar-refractivity contribution in [2.24, 2.45) is 0 Å². The van der Waals surface area contributed by atoms with Gasteiger partial charge < -0.3 is 9.30 Å². The molecule has 0 unspecified atom stereocenters. The van der Waals surface area contributed by atoms with E-state index < -0.39 is 5.82 Å². The van der Waals surface area contributed by atoms with Crippen molar-refractivity contribution < 1.29 is 9.13 Å². The Morgan fingerprint density at radius 2 is 2.32 bits per heavy atom. The lowest BCUT2D eigenvalue weighted by molar-refractivity contribution is 0.210. The molecule has 0 aliphatic carbocycles. The monoisotopic (exact) mass is 301 g/mol. The molecule has 4 nitrogen and oxygen atoms in total.